The van der Waals surface area contributed by atoms with Crippen molar-refractivity contribution in [2.45, 2.75) is 44.6 Å². The van der Waals surface area contributed by atoms with Gasteiger partial charge in [0.15, 0.2) is 0 Å². The van der Waals surface area contributed by atoms with Crippen molar-refractivity contribution in [3.63, 3.8) is 0 Å². The van der Waals surface area contributed by atoms with E-state index in [1.165, 1.54) is 19.4 Å². The average Bonchev–Trinajstić information content (AvgIpc) is 2.37. The monoisotopic (exact) mass is 244 g/mol. The molecule has 1 aliphatic rings. The number of unbranched alkanes of at least 4 members (excludes halogenated alkanes) is 3. The van der Waals surface area contributed by atoms with E-state index < -0.39 is 0 Å². The van der Waals surface area contributed by atoms with Crippen LogP contribution in [0.3, 0.4) is 0 Å². The zero-order valence-corrected chi connectivity index (χ0v) is 10.9. The van der Waals surface area contributed by atoms with Crippen LogP contribution < -0.4 is 5.73 Å². The fourth-order valence-corrected chi connectivity index (χ4v) is 2.34. The highest BCUT2D eigenvalue weighted by Gasteiger charge is 2.18. The summed E-state index contributed by atoms with van der Waals surface area (Å²) in [4.78, 5) is 2.53. The second kappa shape index (κ2) is 9.83. The number of ether oxygens (including phenoxy) is 1. The maximum absolute atomic E-state index is 8.68. The Bertz CT molecular complexity index is 168. The van der Waals surface area contributed by atoms with Gasteiger partial charge in [-0.2, -0.15) is 0 Å². The number of rotatable bonds is 9. The summed E-state index contributed by atoms with van der Waals surface area (Å²) in [6, 6.07) is 0. The van der Waals surface area contributed by atoms with E-state index in [9.17, 15) is 0 Å². The largest absolute Gasteiger partial charge is 0.396 e. The van der Waals surface area contributed by atoms with Gasteiger partial charge in [-0.15, -0.1) is 0 Å². The molecule has 102 valence electrons. The van der Waals surface area contributed by atoms with Crippen molar-refractivity contribution in [2.75, 3.05) is 39.4 Å². The van der Waals surface area contributed by atoms with Crippen LogP contribution in [0, 0.1) is 0 Å². The van der Waals surface area contributed by atoms with Crippen molar-refractivity contribution < 1.29 is 9.84 Å². The predicted octanol–water partition coefficient (Wildman–Crippen LogP) is 0.979. The fourth-order valence-electron chi connectivity index (χ4n) is 2.34. The zero-order chi connectivity index (χ0) is 12.3. The number of likely N-dealkylation sites (tertiary alicyclic amines) is 1. The molecule has 1 aliphatic heterocycles. The average molecular weight is 244 g/mol. The molecule has 17 heavy (non-hydrogen) atoms. The second-order valence-corrected chi connectivity index (χ2v) is 4.84. The third-order valence-corrected chi connectivity index (χ3v) is 3.39. The summed E-state index contributed by atoms with van der Waals surface area (Å²) in [7, 11) is 0. The fraction of sp³-hybridized carbons (Fsp3) is 1.00. The Kier molecular flexibility index (Phi) is 8.61. The number of piperidine rings is 1. The number of aliphatic hydroxyl groups excluding tert-OH is 1. The van der Waals surface area contributed by atoms with Crippen molar-refractivity contribution in [1.29, 1.82) is 0 Å². The van der Waals surface area contributed by atoms with Gasteiger partial charge in [0.25, 0.3) is 0 Å². The number of nitrogens with two attached hydrogens (primary N) is 1. The summed E-state index contributed by atoms with van der Waals surface area (Å²) in [5.74, 6) is 0. The van der Waals surface area contributed by atoms with Gasteiger partial charge in [0, 0.05) is 26.2 Å². The number of hydrogen-bond acceptors (Lipinski definition) is 4. The molecule has 0 aromatic heterocycles. The summed E-state index contributed by atoms with van der Waals surface area (Å²) >= 11 is 0. The van der Waals surface area contributed by atoms with Gasteiger partial charge in [0.1, 0.15) is 0 Å². The van der Waals surface area contributed by atoms with E-state index in [4.69, 9.17) is 15.6 Å². The molecule has 0 amide bonds. The summed E-state index contributed by atoms with van der Waals surface area (Å²) in [6.45, 7) is 5.19. The molecule has 1 fully saturated rings. The van der Waals surface area contributed by atoms with Crippen LogP contribution in [0.15, 0.2) is 0 Å². The van der Waals surface area contributed by atoms with Gasteiger partial charge in [-0.3, -0.25) is 0 Å². The first-order chi connectivity index (χ1) is 8.36. The van der Waals surface area contributed by atoms with E-state index in [2.05, 4.69) is 4.90 Å². The van der Waals surface area contributed by atoms with Crippen LogP contribution in [0.5, 0.6) is 0 Å². The highest BCUT2D eigenvalue weighted by atomic mass is 16.5. The summed E-state index contributed by atoms with van der Waals surface area (Å²) in [5.41, 5.74) is 5.43. The quantitative estimate of drug-likeness (QED) is 0.594. The molecular formula is C13H28N2O2. The lowest BCUT2D eigenvalue weighted by Gasteiger charge is -2.31. The highest BCUT2D eigenvalue weighted by molar-refractivity contribution is 4.72. The first-order valence-corrected chi connectivity index (χ1v) is 7.01. The Morgan fingerprint density at radius 1 is 1.12 bits per heavy atom. The lowest BCUT2D eigenvalue weighted by molar-refractivity contribution is 0.0112. The van der Waals surface area contributed by atoms with E-state index in [1.54, 1.807) is 0 Å². The van der Waals surface area contributed by atoms with Gasteiger partial charge >= 0.3 is 0 Å². The number of aliphatic hydroxyl groups is 1. The maximum atomic E-state index is 8.68. The predicted molar refractivity (Wildman–Crippen MR) is 70.0 cm³/mol. The van der Waals surface area contributed by atoms with Crippen molar-refractivity contribution in [3.8, 4) is 0 Å². The topological polar surface area (TPSA) is 58.7 Å². The normalized spacial score (nSPS) is 18.7. The first-order valence-electron chi connectivity index (χ1n) is 7.01. The van der Waals surface area contributed by atoms with Crippen molar-refractivity contribution in [3.05, 3.63) is 0 Å². The summed E-state index contributed by atoms with van der Waals surface area (Å²) in [5, 5.41) is 8.68. The maximum Gasteiger partial charge on any atom is 0.0600 e. The molecule has 4 nitrogen and oxygen atoms in total. The minimum Gasteiger partial charge on any atom is -0.396 e. The van der Waals surface area contributed by atoms with Crippen molar-refractivity contribution in [1.82, 2.24) is 4.90 Å². The molecule has 0 aromatic rings. The van der Waals surface area contributed by atoms with Crippen LogP contribution >= 0.6 is 0 Å². The van der Waals surface area contributed by atoms with Crippen LogP contribution in [0.4, 0.5) is 0 Å². The minimum atomic E-state index is 0.337. The van der Waals surface area contributed by atoms with E-state index in [1.807, 2.05) is 0 Å². The van der Waals surface area contributed by atoms with Crippen molar-refractivity contribution >= 4 is 0 Å². The van der Waals surface area contributed by atoms with Gasteiger partial charge in [0.2, 0.25) is 0 Å². The first kappa shape index (κ1) is 14.9. The van der Waals surface area contributed by atoms with Crippen LogP contribution in [-0.2, 0) is 4.74 Å². The van der Waals surface area contributed by atoms with E-state index in [0.717, 1.165) is 38.8 Å². The highest BCUT2D eigenvalue weighted by Crippen LogP contribution is 2.14. The van der Waals surface area contributed by atoms with Gasteiger partial charge in [0.05, 0.1) is 12.7 Å². The number of nitrogens with zero attached hydrogens (tertiary/aromatic N) is 1. The molecular weight excluding hydrogens is 216 g/mol. The minimum absolute atomic E-state index is 0.337. The Labute approximate surface area is 105 Å². The molecule has 3 N–H and O–H groups in total. The molecule has 0 radical (unpaired) electrons. The molecule has 0 saturated carbocycles. The molecule has 1 rings (SSSR count). The van der Waals surface area contributed by atoms with Crippen LogP contribution in [0.2, 0.25) is 0 Å². The van der Waals surface area contributed by atoms with Crippen LogP contribution in [0.25, 0.3) is 0 Å². The number of hydrogen-bond donors (Lipinski definition) is 2. The standard InChI is InChI=1S/C13H28N2O2/c14-7-12-17-13-5-9-15(10-6-13)8-3-1-2-4-11-16/h13,16H,1-12,14H2. The Morgan fingerprint density at radius 3 is 2.47 bits per heavy atom. The van der Waals surface area contributed by atoms with Gasteiger partial charge in [-0.05, 0) is 32.2 Å². The second-order valence-electron chi connectivity index (χ2n) is 4.84. The van der Waals surface area contributed by atoms with Gasteiger partial charge in [-0.1, -0.05) is 12.8 Å². The summed E-state index contributed by atoms with van der Waals surface area (Å²) < 4.78 is 5.66. The molecule has 0 spiro atoms. The Hall–Kier alpha value is -0.160. The molecule has 0 unspecified atom stereocenters. The third kappa shape index (κ3) is 6.99. The van der Waals surface area contributed by atoms with Crippen LogP contribution in [0.1, 0.15) is 38.5 Å². The van der Waals surface area contributed by atoms with Gasteiger partial charge in [-0.25, -0.2) is 0 Å². The lowest BCUT2D eigenvalue weighted by atomic mass is 10.1. The van der Waals surface area contributed by atoms with E-state index in [0.29, 0.717) is 25.9 Å². The molecule has 1 heterocycles. The van der Waals surface area contributed by atoms with E-state index >= 15 is 0 Å². The smallest absolute Gasteiger partial charge is 0.0600 e. The molecule has 0 aromatic carbocycles. The van der Waals surface area contributed by atoms with Gasteiger partial charge < -0.3 is 20.5 Å². The molecule has 1 saturated heterocycles. The SMILES string of the molecule is NCCOC1CCN(CCCCCCO)CC1. The lowest BCUT2D eigenvalue weighted by Crippen LogP contribution is -2.38. The zero-order valence-electron chi connectivity index (χ0n) is 10.9. The molecule has 0 bridgehead atoms. The summed E-state index contributed by atoms with van der Waals surface area (Å²) in [6.07, 6.45) is 7.34. The molecule has 0 atom stereocenters. The Morgan fingerprint density at radius 2 is 1.82 bits per heavy atom. The van der Waals surface area contributed by atoms with E-state index in [-0.39, 0.29) is 0 Å². The third-order valence-electron chi connectivity index (χ3n) is 3.39. The Balaban J connectivity index is 1.95. The van der Waals surface area contributed by atoms with Crippen LogP contribution in [-0.4, -0.2) is 55.5 Å². The molecule has 4 heteroatoms. The van der Waals surface area contributed by atoms with Crippen molar-refractivity contribution in [2.24, 2.45) is 5.73 Å². The molecule has 0 aliphatic carbocycles.